The number of rotatable bonds is 6. The van der Waals surface area contributed by atoms with E-state index in [2.05, 4.69) is 10.0 Å². The average Bonchev–Trinajstić information content (AvgIpc) is 3.05. The Morgan fingerprint density at radius 3 is 2.70 bits per heavy atom. The van der Waals surface area contributed by atoms with Gasteiger partial charge in [-0.2, -0.15) is 0 Å². The fraction of sp³-hybridized carbons (Fsp3) is 0.667. The lowest BCUT2D eigenvalue weighted by Gasteiger charge is -2.37. The number of anilines is 1. The molecule has 0 aromatic heterocycles. The number of carbonyl (C=O) groups is 1. The molecule has 2 fully saturated rings. The summed E-state index contributed by atoms with van der Waals surface area (Å²) in [6.45, 7) is -0.204. The molecule has 1 saturated heterocycles. The highest BCUT2D eigenvalue weighted by Gasteiger charge is 2.46. The summed E-state index contributed by atoms with van der Waals surface area (Å²) in [5.74, 6) is 0.576. The molecule has 0 unspecified atom stereocenters. The number of carbonyl (C=O) groups excluding carboxylic acids is 1. The number of hydrogen-bond acceptors (Lipinski definition) is 6. The van der Waals surface area contributed by atoms with Crippen LogP contribution in [0.5, 0.6) is 5.75 Å². The van der Waals surface area contributed by atoms with E-state index in [0.717, 1.165) is 37.5 Å². The molecule has 8 nitrogen and oxygen atoms in total. The highest BCUT2D eigenvalue weighted by Crippen LogP contribution is 2.47. The Labute approximate surface area is 177 Å². The van der Waals surface area contributed by atoms with Gasteiger partial charge in [-0.15, -0.1) is 0 Å². The zero-order chi connectivity index (χ0) is 21.3. The van der Waals surface area contributed by atoms with E-state index in [0.29, 0.717) is 17.9 Å². The van der Waals surface area contributed by atoms with Gasteiger partial charge in [-0.1, -0.05) is 19.3 Å². The first-order valence-electron chi connectivity index (χ1n) is 10.7. The predicted octanol–water partition coefficient (Wildman–Crippen LogP) is 1.89. The van der Waals surface area contributed by atoms with Crippen molar-refractivity contribution in [2.45, 2.75) is 75.2 Å². The minimum atomic E-state index is -3.39. The Morgan fingerprint density at radius 1 is 1.23 bits per heavy atom. The average molecular weight is 439 g/mol. The van der Waals surface area contributed by atoms with Crippen LogP contribution in [0.1, 0.15) is 56.4 Å². The molecule has 4 rings (SSSR count). The Kier molecular flexibility index (Phi) is 6.22. The van der Waals surface area contributed by atoms with E-state index < -0.39 is 16.1 Å². The van der Waals surface area contributed by atoms with Crippen molar-refractivity contribution < 1.29 is 27.8 Å². The summed E-state index contributed by atoms with van der Waals surface area (Å²) in [5, 5.41) is 13.0. The third kappa shape index (κ3) is 4.90. The zero-order valence-electron chi connectivity index (χ0n) is 17.2. The Bertz CT molecular complexity index is 883. The van der Waals surface area contributed by atoms with Crippen LogP contribution < -0.4 is 14.8 Å². The molecule has 1 saturated carbocycles. The van der Waals surface area contributed by atoms with Gasteiger partial charge >= 0.3 is 0 Å². The molecule has 1 aromatic carbocycles. The number of benzene rings is 1. The van der Waals surface area contributed by atoms with Crippen molar-refractivity contribution in [3.8, 4) is 5.75 Å². The molecule has 2 aliphatic heterocycles. The lowest BCUT2D eigenvalue weighted by Crippen LogP contribution is -2.48. The van der Waals surface area contributed by atoms with Gasteiger partial charge in [0.25, 0.3) is 0 Å². The van der Waals surface area contributed by atoms with Crippen molar-refractivity contribution in [2.24, 2.45) is 0 Å². The SMILES string of the molecule is CS(=O)(=O)Nc1ccc2c(c1)[C@H]1C[C@@H](CC(=O)NC3CCCCC3)O[C@@H](CO)[C@H]1O2. The molecule has 166 valence electrons. The number of ether oxygens (including phenoxy) is 2. The lowest BCUT2D eigenvalue weighted by molar-refractivity contribution is -0.142. The van der Waals surface area contributed by atoms with Crippen molar-refractivity contribution in [2.75, 3.05) is 17.6 Å². The van der Waals surface area contributed by atoms with Gasteiger partial charge in [0.05, 0.1) is 25.4 Å². The maximum absolute atomic E-state index is 12.6. The van der Waals surface area contributed by atoms with E-state index in [1.807, 2.05) is 0 Å². The van der Waals surface area contributed by atoms with Gasteiger partial charge in [0.2, 0.25) is 15.9 Å². The smallest absolute Gasteiger partial charge is 0.229 e. The second-order valence-corrected chi connectivity index (χ2v) is 10.4. The molecule has 3 N–H and O–H groups in total. The topological polar surface area (TPSA) is 114 Å². The highest BCUT2D eigenvalue weighted by atomic mass is 32.2. The fourth-order valence-electron chi connectivity index (χ4n) is 4.91. The van der Waals surface area contributed by atoms with Crippen LogP contribution in [0, 0.1) is 0 Å². The minimum absolute atomic E-state index is 0.0197. The molecule has 1 aliphatic carbocycles. The van der Waals surface area contributed by atoms with Gasteiger partial charge in [-0.25, -0.2) is 8.42 Å². The van der Waals surface area contributed by atoms with Crippen molar-refractivity contribution in [3.63, 3.8) is 0 Å². The van der Waals surface area contributed by atoms with Crippen molar-refractivity contribution in [1.29, 1.82) is 0 Å². The van der Waals surface area contributed by atoms with E-state index in [-0.39, 0.29) is 43.1 Å². The standard InChI is InChI=1S/C21H30N2O6S/c1-30(26,27)23-14-7-8-18-16(9-14)17-10-15(28-19(12-24)21(17)29-18)11-20(25)22-13-5-3-2-4-6-13/h7-9,13,15,17,19,21,23-24H,2-6,10-12H2,1H3,(H,22,25)/t15-,17+,19-,21-/m0/s1. The van der Waals surface area contributed by atoms with Crippen LogP contribution >= 0.6 is 0 Å². The normalized spacial score (nSPS) is 28.9. The second kappa shape index (κ2) is 8.72. The molecule has 0 spiro atoms. The van der Waals surface area contributed by atoms with Crippen LogP contribution in [0.15, 0.2) is 18.2 Å². The molecule has 30 heavy (non-hydrogen) atoms. The maximum Gasteiger partial charge on any atom is 0.229 e. The van der Waals surface area contributed by atoms with Crippen molar-refractivity contribution in [1.82, 2.24) is 5.32 Å². The van der Waals surface area contributed by atoms with Gasteiger partial charge in [0, 0.05) is 23.2 Å². The third-order valence-corrected chi connectivity index (χ3v) is 6.79. The summed E-state index contributed by atoms with van der Waals surface area (Å²) in [6, 6.07) is 5.41. The quantitative estimate of drug-likeness (QED) is 0.625. The summed E-state index contributed by atoms with van der Waals surface area (Å²) in [4.78, 5) is 12.6. The molecule has 0 bridgehead atoms. The van der Waals surface area contributed by atoms with Crippen LogP contribution in [0.25, 0.3) is 0 Å². The predicted molar refractivity (Wildman–Crippen MR) is 112 cm³/mol. The Morgan fingerprint density at radius 2 is 2.00 bits per heavy atom. The highest BCUT2D eigenvalue weighted by molar-refractivity contribution is 7.92. The molecule has 1 aromatic rings. The van der Waals surface area contributed by atoms with Crippen LogP contribution in [0.4, 0.5) is 5.69 Å². The number of hydrogen-bond donors (Lipinski definition) is 3. The van der Waals surface area contributed by atoms with Crippen LogP contribution in [-0.2, 0) is 19.6 Å². The van der Waals surface area contributed by atoms with Crippen LogP contribution in [0.3, 0.4) is 0 Å². The largest absolute Gasteiger partial charge is 0.487 e. The number of sulfonamides is 1. The summed E-state index contributed by atoms with van der Waals surface area (Å²) >= 11 is 0. The van der Waals surface area contributed by atoms with Crippen molar-refractivity contribution in [3.05, 3.63) is 23.8 Å². The second-order valence-electron chi connectivity index (χ2n) is 8.64. The van der Waals surface area contributed by atoms with E-state index in [9.17, 15) is 18.3 Å². The molecular weight excluding hydrogens is 408 g/mol. The van der Waals surface area contributed by atoms with E-state index in [1.165, 1.54) is 6.42 Å². The van der Waals surface area contributed by atoms with Gasteiger partial charge in [0.15, 0.2) is 0 Å². The molecule has 4 atom stereocenters. The number of aliphatic hydroxyl groups excluding tert-OH is 1. The Hall–Kier alpha value is -1.84. The van der Waals surface area contributed by atoms with Crippen molar-refractivity contribution >= 4 is 21.6 Å². The first-order chi connectivity index (χ1) is 14.3. The summed E-state index contributed by atoms with van der Waals surface area (Å²) in [5.41, 5.74) is 1.35. The monoisotopic (exact) mass is 438 g/mol. The number of amides is 1. The fourth-order valence-corrected chi connectivity index (χ4v) is 5.46. The first-order valence-corrected chi connectivity index (χ1v) is 12.6. The van der Waals surface area contributed by atoms with Crippen LogP contribution in [-0.4, -0.2) is 56.6 Å². The number of nitrogens with one attached hydrogen (secondary N) is 2. The van der Waals surface area contributed by atoms with E-state index >= 15 is 0 Å². The third-order valence-electron chi connectivity index (χ3n) is 6.19. The first kappa shape index (κ1) is 21.4. The summed E-state index contributed by atoms with van der Waals surface area (Å²) in [6.07, 6.45) is 6.31. The molecule has 2 heterocycles. The number of fused-ring (bicyclic) bond motifs is 3. The Balaban J connectivity index is 1.46. The number of aliphatic hydroxyl groups is 1. The maximum atomic E-state index is 12.6. The molecule has 1 amide bonds. The summed E-state index contributed by atoms with van der Waals surface area (Å²) < 4.78 is 37.7. The zero-order valence-corrected chi connectivity index (χ0v) is 18.0. The minimum Gasteiger partial charge on any atom is -0.487 e. The van der Waals surface area contributed by atoms with Gasteiger partial charge in [-0.05, 0) is 37.5 Å². The van der Waals surface area contributed by atoms with Gasteiger partial charge in [0.1, 0.15) is 18.0 Å². The van der Waals surface area contributed by atoms with Gasteiger partial charge in [-0.3, -0.25) is 9.52 Å². The van der Waals surface area contributed by atoms with E-state index in [1.54, 1.807) is 18.2 Å². The van der Waals surface area contributed by atoms with E-state index in [4.69, 9.17) is 9.47 Å². The molecular formula is C21H30N2O6S. The van der Waals surface area contributed by atoms with Crippen LogP contribution in [0.2, 0.25) is 0 Å². The summed E-state index contributed by atoms with van der Waals surface area (Å²) in [7, 11) is -3.39. The lowest BCUT2D eigenvalue weighted by atomic mass is 9.84. The molecule has 9 heteroatoms. The van der Waals surface area contributed by atoms with Gasteiger partial charge < -0.3 is 19.9 Å². The molecule has 3 aliphatic rings. The molecule has 0 radical (unpaired) electrons.